The van der Waals surface area contributed by atoms with Gasteiger partial charge in [-0.15, -0.1) is 0 Å². The van der Waals surface area contributed by atoms with Gasteiger partial charge in [0.2, 0.25) is 5.41 Å². The monoisotopic (exact) mass is 174 g/mol. The second-order valence-electron chi connectivity index (χ2n) is 3.50. The van der Waals surface area contributed by atoms with Crippen molar-refractivity contribution in [3.05, 3.63) is 17.1 Å². The molecule has 0 saturated heterocycles. The molecule has 0 spiro atoms. The van der Waals surface area contributed by atoms with Gasteiger partial charge >= 0.3 is 0 Å². The predicted octanol–water partition coefficient (Wildman–Crippen LogP) is 0.858. The fraction of sp³-hybridized carbons (Fsp3) is 0.333. The second-order valence-corrected chi connectivity index (χ2v) is 3.50. The van der Waals surface area contributed by atoms with Crippen LogP contribution in [0.4, 0.5) is 5.69 Å². The van der Waals surface area contributed by atoms with Gasteiger partial charge in [-0.25, -0.2) is 0 Å². The van der Waals surface area contributed by atoms with Gasteiger partial charge in [0.25, 0.3) is 5.91 Å². The first-order valence-electron chi connectivity index (χ1n) is 4.04. The summed E-state index contributed by atoms with van der Waals surface area (Å²) < 4.78 is 5.39. The SMILES string of the molecule is Cc1c2oc3c1NC(=O)C3(C#N)C2. The summed E-state index contributed by atoms with van der Waals surface area (Å²) in [5.41, 5.74) is 0.643. The highest BCUT2D eigenvalue weighted by molar-refractivity contribution is 6.09. The molecular formula is C9H6N2O2. The van der Waals surface area contributed by atoms with E-state index in [0.717, 1.165) is 11.3 Å². The molecule has 0 radical (unpaired) electrons. The normalized spacial score (nSPS) is 27.5. The van der Waals surface area contributed by atoms with Crippen LogP contribution in [0.5, 0.6) is 0 Å². The Kier molecular flexibility index (Phi) is 0.837. The summed E-state index contributed by atoms with van der Waals surface area (Å²) in [5, 5.41) is 11.7. The zero-order chi connectivity index (χ0) is 9.22. The number of nitriles is 1. The molecule has 3 rings (SSSR count). The van der Waals surface area contributed by atoms with Gasteiger partial charge in [-0.05, 0) is 6.92 Å². The van der Waals surface area contributed by atoms with E-state index in [9.17, 15) is 4.79 Å². The third-order valence-corrected chi connectivity index (χ3v) is 2.88. The van der Waals surface area contributed by atoms with Crippen LogP contribution in [-0.4, -0.2) is 5.91 Å². The van der Waals surface area contributed by atoms with E-state index >= 15 is 0 Å². The molecule has 4 nitrogen and oxygen atoms in total. The molecule has 0 saturated carbocycles. The highest BCUT2D eigenvalue weighted by Gasteiger charge is 2.57. The van der Waals surface area contributed by atoms with E-state index in [-0.39, 0.29) is 5.91 Å². The predicted molar refractivity (Wildman–Crippen MR) is 43.1 cm³/mol. The molecule has 2 bridgehead atoms. The summed E-state index contributed by atoms with van der Waals surface area (Å²) in [6.45, 7) is 1.89. The number of anilines is 1. The number of nitrogens with zero attached hydrogens (tertiary/aromatic N) is 1. The fourth-order valence-corrected chi connectivity index (χ4v) is 2.05. The third-order valence-electron chi connectivity index (χ3n) is 2.88. The molecule has 13 heavy (non-hydrogen) atoms. The maximum atomic E-state index is 11.5. The molecule has 64 valence electrons. The van der Waals surface area contributed by atoms with E-state index in [0.29, 0.717) is 17.9 Å². The number of furan rings is 1. The number of carbonyl (C=O) groups excluding carboxylic acids is 1. The number of nitrogens with one attached hydrogen (secondary N) is 1. The van der Waals surface area contributed by atoms with Crippen LogP contribution in [-0.2, 0) is 16.6 Å². The first kappa shape index (κ1) is 6.72. The Balaban J connectivity index is 2.39. The zero-order valence-electron chi connectivity index (χ0n) is 6.97. The van der Waals surface area contributed by atoms with Crippen LogP contribution in [0, 0.1) is 18.3 Å². The van der Waals surface area contributed by atoms with Gasteiger partial charge in [-0.2, -0.15) is 5.26 Å². The van der Waals surface area contributed by atoms with Crippen LogP contribution in [0.1, 0.15) is 17.1 Å². The third kappa shape index (κ3) is 0.475. The van der Waals surface area contributed by atoms with Gasteiger partial charge in [0.1, 0.15) is 5.76 Å². The average molecular weight is 174 g/mol. The Hall–Kier alpha value is -1.76. The molecule has 1 unspecified atom stereocenters. The summed E-state index contributed by atoms with van der Waals surface area (Å²) in [4.78, 5) is 11.5. The lowest BCUT2D eigenvalue weighted by Crippen LogP contribution is -2.32. The topological polar surface area (TPSA) is 66.0 Å². The van der Waals surface area contributed by atoms with Crippen molar-refractivity contribution in [2.45, 2.75) is 18.8 Å². The summed E-state index contributed by atoms with van der Waals surface area (Å²) in [7, 11) is 0. The average Bonchev–Trinajstić information content (AvgIpc) is 2.68. The van der Waals surface area contributed by atoms with E-state index in [1.807, 2.05) is 13.0 Å². The summed E-state index contributed by atoms with van der Waals surface area (Å²) in [6, 6.07) is 2.04. The largest absolute Gasteiger partial charge is 0.461 e. The number of amides is 1. The number of hydrogen-bond acceptors (Lipinski definition) is 3. The van der Waals surface area contributed by atoms with Gasteiger partial charge in [0.15, 0.2) is 5.76 Å². The summed E-state index contributed by atoms with van der Waals surface area (Å²) in [5.74, 6) is 1.05. The van der Waals surface area contributed by atoms with Crippen LogP contribution < -0.4 is 5.32 Å². The summed E-state index contributed by atoms with van der Waals surface area (Å²) >= 11 is 0. The second kappa shape index (κ2) is 1.62. The van der Waals surface area contributed by atoms with Gasteiger partial charge in [0.05, 0.1) is 11.8 Å². The van der Waals surface area contributed by atoms with Crippen molar-refractivity contribution in [1.82, 2.24) is 0 Å². The van der Waals surface area contributed by atoms with Gasteiger partial charge in [-0.3, -0.25) is 4.79 Å². The van der Waals surface area contributed by atoms with E-state index in [1.54, 1.807) is 0 Å². The lowest BCUT2D eigenvalue weighted by atomic mass is 9.82. The van der Waals surface area contributed by atoms with Gasteiger partial charge in [-0.1, -0.05) is 0 Å². The molecular weight excluding hydrogens is 168 g/mol. The molecule has 4 heteroatoms. The standard InChI is InChI=1S/C9H6N2O2/c1-4-5-2-9(3-10)7(13-5)6(4)11-8(9)12/h2H2,1H3,(H,11,12). The minimum Gasteiger partial charge on any atom is -0.461 e. The first-order chi connectivity index (χ1) is 6.19. The van der Waals surface area contributed by atoms with Crippen molar-refractivity contribution in [2.75, 3.05) is 5.32 Å². The lowest BCUT2D eigenvalue weighted by molar-refractivity contribution is -0.119. The number of carbonyl (C=O) groups is 1. The van der Waals surface area contributed by atoms with E-state index in [1.165, 1.54) is 0 Å². The summed E-state index contributed by atoms with van der Waals surface area (Å²) in [6.07, 6.45) is 0.403. The number of hydrogen-bond donors (Lipinski definition) is 1. The van der Waals surface area contributed by atoms with E-state index in [2.05, 4.69) is 5.32 Å². The number of fused-ring (bicyclic) bond motifs is 1. The van der Waals surface area contributed by atoms with E-state index < -0.39 is 5.41 Å². The zero-order valence-corrected chi connectivity index (χ0v) is 6.97. The van der Waals surface area contributed by atoms with Crippen LogP contribution >= 0.6 is 0 Å². The van der Waals surface area contributed by atoms with Crippen molar-refractivity contribution in [1.29, 1.82) is 5.26 Å². The molecule has 1 aromatic rings. The molecule has 1 aromatic heterocycles. The Morgan fingerprint density at radius 2 is 2.46 bits per heavy atom. The minimum atomic E-state index is -1.04. The molecule has 1 amide bonds. The number of rotatable bonds is 0. The maximum Gasteiger partial charge on any atom is 0.253 e. The van der Waals surface area contributed by atoms with Crippen molar-refractivity contribution < 1.29 is 9.21 Å². The van der Waals surface area contributed by atoms with Crippen LogP contribution in [0.15, 0.2) is 4.42 Å². The molecule has 1 atom stereocenters. The molecule has 0 aliphatic carbocycles. The Bertz CT molecular complexity index is 481. The molecule has 2 aliphatic rings. The molecule has 0 aromatic carbocycles. The Morgan fingerprint density at radius 3 is 3.08 bits per heavy atom. The van der Waals surface area contributed by atoms with Crippen molar-refractivity contribution in [2.24, 2.45) is 0 Å². The molecule has 1 N–H and O–H groups in total. The quantitative estimate of drug-likeness (QED) is 0.634. The van der Waals surface area contributed by atoms with Crippen molar-refractivity contribution >= 4 is 11.6 Å². The highest BCUT2D eigenvalue weighted by atomic mass is 16.4. The van der Waals surface area contributed by atoms with Crippen LogP contribution in [0.25, 0.3) is 0 Å². The van der Waals surface area contributed by atoms with Crippen molar-refractivity contribution in [3.8, 4) is 6.07 Å². The van der Waals surface area contributed by atoms with E-state index in [4.69, 9.17) is 9.68 Å². The van der Waals surface area contributed by atoms with Crippen LogP contribution in [0.3, 0.4) is 0 Å². The fourth-order valence-electron chi connectivity index (χ4n) is 2.05. The van der Waals surface area contributed by atoms with Crippen LogP contribution in [0.2, 0.25) is 0 Å². The smallest absolute Gasteiger partial charge is 0.253 e. The lowest BCUT2D eigenvalue weighted by Gasteiger charge is -2.09. The highest BCUT2D eigenvalue weighted by Crippen LogP contribution is 2.50. The van der Waals surface area contributed by atoms with Crippen molar-refractivity contribution in [3.63, 3.8) is 0 Å². The maximum absolute atomic E-state index is 11.5. The molecule has 3 heterocycles. The Morgan fingerprint density at radius 1 is 1.69 bits per heavy atom. The molecule has 0 fully saturated rings. The first-order valence-corrected chi connectivity index (χ1v) is 4.04. The minimum absolute atomic E-state index is 0.244. The van der Waals surface area contributed by atoms with Gasteiger partial charge in [0, 0.05) is 12.0 Å². The van der Waals surface area contributed by atoms with Gasteiger partial charge < -0.3 is 9.73 Å². The Labute approximate surface area is 74.1 Å². The molecule has 2 aliphatic heterocycles.